The van der Waals surface area contributed by atoms with E-state index in [-0.39, 0.29) is 18.3 Å². The molecule has 0 fully saturated rings. The zero-order valence-corrected chi connectivity index (χ0v) is 7.43. The number of aliphatic hydroxyl groups is 1. The Morgan fingerprint density at radius 3 is 3.17 bits per heavy atom. The second-order valence-electron chi connectivity index (χ2n) is 3.14. The molecule has 0 bridgehead atoms. The first kappa shape index (κ1) is 7.95. The molecule has 1 aromatic rings. The third-order valence-corrected chi connectivity index (χ3v) is 3.20. The summed E-state index contributed by atoms with van der Waals surface area (Å²) in [5, 5.41) is 10.9. The third-order valence-electron chi connectivity index (χ3n) is 2.25. The molecule has 0 spiro atoms. The van der Waals surface area contributed by atoms with Crippen LogP contribution in [0.3, 0.4) is 0 Å². The maximum atomic E-state index is 11.4. The first-order chi connectivity index (χ1) is 5.81. The van der Waals surface area contributed by atoms with Crippen LogP contribution in [-0.2, 0) is 6.42 Å². The van der Waals surface area contributed by atoms with Gasteiger partial charge in [-0.2, -0.15) is 0 Å². The van der Waals surface area contributed by atoms with E-state index in [2.05, 4.69) is 0 Å². The van der Waals surface area contributed by atoms with Gasteiger partial charge in [0.25, 0.3) is 0 Å². The van der Waals surface area contributed by atoms with E-state index in [0.29, 0.717) is 6.42 Å². The summed E-state index contributed by atoms with van der Waals surface area (Å²) in [6.45, 7) is 0.128. The molecule has 1 atom stereocenters. The van der Waals surface area contributed by atoms with E-state index in [9.17, 15) is 4.79 Å². The van der Waals surface area contributed by atoms with Gasteiger partial charge in [-0.1, -0.05) is 0 Å². The molecule has 1 aliphatic carbocycles. The Morgan fingerprint density at radius 1 is 1.58 bits per heavy atom. The second kappa shape index (κ2) is 2.99. The van der Waals surface area contributed by atoms with Crippen molar-refractivity contribution >= 4 is 17.1 Å². The van der Waals surface area contributed by atoms with Gasteiger partial charge in [-0.05, 0) is 23.8 Å². The average molecular weight is 182 g/mol. The summed E-state index contributed by atoms with van der Waals surface area (Å²) in [4.78, 5) is 12.6. The maximum absolute atomic E-state index is 11.4. The molecule has 0 saturated heterocycles. The van der Waals surface area contributed by atoms with Crippen LogP contribution < -0.4 is 0 Å². The zero-order chi connectivity index (χ0) is 8.55. The highest BCUT2D eigenvalue weighted by Gasteiger charge is 2.24. The fraction of sp³-hybridized carbons (Fsp3) is 0.444. The first-order valence-corrected chi connectivity index (χ1v) is 4.89. The van der Waals surface area contributed by atoms with Gasteiger partial charge in [-0.15, -0.1) is 11.3 Å². The quantitative estimate of drug-likeness (QED) is 0.714. The average Bonchev–Trinajstić information content (AvgIpc) is 2.52. The van der Waals surface area contributed by atoms with Crippen LogP contribution in [0, 0.1) is 5.92 Å². The lowest BCUT2D eigenvalue weighted by Crippen LogP contribution is -2.20. The zero-order valence-electron chi connectivity index (χ0n) is 6.62. The summed E-state index contributed by atoms with van der Waals surface area (Å²) in [7, 11) is 0. The molecule has 0 amide bonds. The van der Waals surface area contributed by atoms with Crippen molar-refractivity contribution in [3.8, 4) is 0 Å². The van der Waals surface area contributed by atoms with E-state index in [1.165, 1.54) is 0 Å². The normalized spacial score (nSPS) is 22.4. The summed E-state index contributed by atoms with van der Waals surface area (Å²) in [5.74, 6) is 0.347. The molecule has 2 rings (SSSR count). The molecule has 2 nitrogen and oxygen atoms in total. The Hall–Kier alpha value is -0.670. The van der Waals surface area contributed by atoms with Crippen LogP contribution in [0.1, 0.15) is 21.7 Å². The summed E-state index contributed by atoms with van der Waals surface area (Å²) in [6.07, 6.45) is 1.38. The van der Waals surface area contributed by atoms with Crippen molar-refractivity contribution in [2.75, 3.05) is 6.61 Å². The monoisotopic (exact) mass is 182 g/mol. The number of thiophene rings is 1. The number of aliphatic hydroxyl groups excluding tert-OH is 1. The fourth-order valence-electron chi connectivity index (χ4n) is 1.58. The number of carbonyl (C=O) groups excluding carboxylic acids is 1. The van der Waals surface area contributed by atoms with E-state index in [1.807, 2.05) is 11.4 Å². The molecule has 0 aromatic carbocycles. The molecule has 1 unspecified atom stereocenters. The van der Waals surface area contributed by atoms with E-state index in [4.69, 9.17) is 5.11 Å². The van der Waals surface area contributed by atoms with Gasteiger partial charge < -0.3 is 5.11 Å². The largest absolute Gasteiger partial charge is 0.396 e. The lowest BCUT2D eigenvalue weighted by atomic mass is 9.89. The summed E-state index contributed by atoms with van der Waals surface area (Å²) < 4.78 is 0. The van der Waals surface area contributed by atoms with Crippen molar-refractivity contribution in [3.05, 3.63) is 21.9 Å². The lowest BCUT2D eigenvalue weighted by molar-refractivity contribution is 0.0921. The molecule has 1 heterocycles. The SMILES string of the molecule is O=C1CC(CO)Cc2sccc21. The fourth-order valence-corrected chi connectivity index (χ4v) is 2.59. The number of rotatable bonds is 1. The summed E-state index contributed by atoms with van der Waals surface area (Å²) in [5.41, 5.74) is 0.879. The van der Waals surface area contributed by atoms with Gasteiger partial charge in [0, 0.05) is 23.5 Å². The molecule has 1 N–H and O–H groups in total. The first-order valence-electron chi connectivity index (χ1n) is 4.01. The Morgan fingerprint density at radius 2 is 2.42 bits per heavy atom. The van der Waals surface area contributed by atoms with Crippen LogP contribution >= 0.6 is 11.3 Å². The minimum Gasteiger partial charge on any atom is -0.396 e. The van der Waals surface area contributed by atoms with Crippen LogP contribution in [0.5, 0.6) is 0 Å². The second-order valence-corrected chi connectivity index (χ2v) is 4.14. The van der Waals surface area contributed by atoms with Crippen molar-refractivity contribution in [3.63, 3.8) is 0 Å². The highest BCUT2D eigenvalue weighted by atomic mass is 32.1. The highest BCUT2D eigenvalue weighted by molar-refractivity contribution is 7.10. The van der Waals surface area contributed by atoms with E-state index in [0.717, 1.165) is 16.9 Å². The highest BCUT2D eigenvalue weighted by Crippen LogP contribution is 2.29. The standard InChI is InChI=1S/C9H10O2S/c10-5-6-3-8(11)7-1-2-12-9(7)4-6/h1-2,6,10H,3-5H2. The van der Waals surface area contributed by atoms with Crippen molar-refractivity contribution in [2.24, 2.45) is 5.92 Å². The topological polar surface area (TPSA) is 37.3 Å². The Kier molecular flexibility index (Phi) is 1.98. The molecule has 1 aliphatic rings. The van der Waals surface area contributed by atoms with Crippen LogP contribution in [0.4, 0.5) is 0 Å². The Labute approximate surface area is 74.8 Å². The summed E-state index contributed by atoms with van der Waals surface area (Å²) in [6, 6.07) is 1.88. The molecule has 0 radical (unpaired) electrons. The minimum atomic E-state index is 0.128. The van der Waals surface area contributed by atoms with Crippen LogP contribution in [0.15, 0.2) is 11.4 Å². The number of hydrogen-bond donors (Lipinski definition) is 1. The van der Waals surface area contributed by atoms with Gasteiger partial charge in [0.15, 0.2) is 5.78 Å². The van der Waals surface area contributed by atoms with Crippen molar-refractivity contribution in [1.29, 1.82) is 0 Å². The lowest BCUT2D eigenvalue weighted by Gasteiger charge is -2.18. The van der Waals surface area contributed by atoms with Crippen molar-refractivity contribution in [1.82, 2.24) is 0 Å². The summed E-state index contributed by atoms with van der Waals surface area (Å²) >= 11 is 1.62. The molecule has 12 heavy (non-hydrogen) atoms. The Balaban J connectivity index is 2.32. The number of carbonyl (C=O) groups is 1. The van der Waals surface area contributed by atoms with Gasteiger partial charge in [0.2, 0.25) is 0 Å². The molecule has 0 saturated carbocycles. The van der Waals surface area contributed by atoms with Crippen LogP contribution in [0.25, 0.3) is 0 Å². The van der Waals surface area contributed by atoms with E-state index >= 15 is 0 Å². The van der Waals surface area contributed by atoms with Gasteiger partial charge in [0.1, 0.15) is 0 Å². The van der Waals surface area contributed by atoms with Gasteiger partial charge in [0.05, 0.1) is 0 Å². The van der Waals surface area contributed by atoms with E-state index < -0.39 is 0 Å². The van der Waals surface area contributed by atoms with Crippen molar-refractivity contribution in [2.45, 2.75) is 12.8 Å². The minimum absolute atomic E-state index is 0.128. The predicted molar refractivity (Wildman–Crippen MR) is 47.5 cm³/mol. The van der Waals surface area contributed by atoms with Crippen molar-refractivity contribution < 1.29 is 9.90 Å². The Bertz CT molecular complexity index is 303. The van der Waals surface area contributed by atoms with E-state index in [1.54, 1.807) is 11.3 Å². The predicted octanol–water partition coefficient (Wildman–Crippen LogP) is 1.49. The van der Waals surface area contributed by atoms with Crippen LogP contribution in [-0.4, -0.2) is 17.5 Å². The molecule has 0 aliphatic heterocycles. The molecule has 3 heteroatoms. The smallest absolute Gasteiger partial charge is 0.164 e. The number of ketones is 1. The maximum Gasteiger partial charge on any atom is 0.164 e. The molecule has 1 aromatic heterocycles. The van der Waals surface area contributed by atoms with Gasteiger partial charge in [-0.3, -0.25) is 4.79 Å². The van der Waals surface area contributed by atoms with Gasteiger partial charge in [-0.25, -0.2) is 0 Å². The number of Topliss-reactive ketones (excluding diaryl/α,β-unsaturated/α-hetero) is 1. The number of hydrogen-bond acceptors (Lipinski definition) is 3. The molecular formula is C9H10O2S. The number of fused-ring (bicyclic) bond motifs is 1. The third kappa shape index (κ3) is 1.19. The molecule has 64 valence electrons. The van der Waals surface area contributed by atoms with Gasteiger partial charge >= 0.3 is 0 Å². The van der Waals surface area contributed by atoms with Crippen LogP contribution in [0.2, 0.25) is 0 Å². The molecular weight excluding hydrogens is 172 g/mol.